The van der Waals surface area contributed by atoms with E-state index in [1.165, 1.54) is 18.2 Å². The maximum Gasteiger partial charge on any atom is 0.348 e. The molecule has 6 nitrogen and oxygen atoms in total. The molecule has 0 unspecified atom stereocenters. The Bertz CT molecular complexity index is 1590. The molecule has 3 heterocycles. The number of fused-ring (bicyclic) bond motifs is 4. The van der Waals surface area contributed by atoms with Crippen molar-refractivity contribution in [1.82, 2.24) is 0 Å². The second-order valence-corrected chi connectivity index (χ2v) is 7.39. The molecule has 0 spiro atoms. The Morgan fingerprint density at radius 2 is 1.38 bits per heavy atom. The monoisotopic (exact) mass is 428 g/mol. The summed E-state index contributed by atoms with van der Waals surface area (Å²) < 4.78 is 16.5. The number of aryl methyl sites for hydroxylation is 1. The van der Waals surface area contributed by atoms with E-state index in [9.17, 15) is 14.7 Å². The lowest BCUT2D eigenvalue weighted by Crippen LogP contribution is -2.07. The number of benzene rings is 2. The summed E-state index contributed by atoms with van der Waals surface area (Å²) in [6, 6.07) is 9.29. The van der Waals surface area contributed by atoms with Gasteiger partial charge in [0.1, 0.15) is 33.6 Å². The third kappa shape index (κ3) is 2.57. The van der Waals surface area contributed by atoms with E-state index in [4.69, 9.17) is 36.5 Å². The van der Waals surface area contributed by atoms with E-state index in [-0.39, 0.29) is 50.2 Å². The second kappa shape index (κ2) is 6.14. The van der Waals surface area contributed by atoms with Gasteiger partial charge in [-0.15, -0.1) is 0 Å². The van der Waals surface area contributed by atoms with Crippen molar-refractivity contribution in [2.75, 3.05) is 0 Å². The third-order valence-corrected chi connectivity index (χ3v) is 5.24. The van der Waals surface area contributed by atoms with E-state index in [0.29, 0.717) is 15.4 Å². The molecule has 0 radical (unpaired) electrons. The Morgan fingerprint density at radius 1 is 0.793 bits per heavy atom. The summed E-state index contributed by atoms with van der Waals surface area (Å²) in [6.07, 6.45) is 0. The molecule has 1 N–H and O–H groups in total. The minimum Gasteiger partial charge on any atom is -0.506 e. The zero-order valence-electron chi connectivity index (χ0n) is 14.7. The van der Waals surface area contributed by atoms with Gasteiger partial charge < -0.3 is 18.4 Å². The Morgan fingerprint density at radius 3 is 2.07 bits per heavy atom. The summed E-state index contributed by atoms with van der Waals surface area (Å²) in [4.78, 5) is 25.5. The van der Waals surface area contributed by atoms with E-state index in [1.807, 2.05) is 0 Å². The molecular weight excluding hydrogens is 419 g/mol. The molecule has 0 aliphatic heterocycles. The Balaban J connectivity index is 1.95. The van der Waals surface area contributed by atoms with Crippen LogP contribution >= 0.6 is 23.2 Å². The van der Waals surface area contributed by atoms with Crippen LogP contribution in [0.1, 0.15) is 5.76 Å². The van der Waals surface area contributed by atoms with Gasteiger partial charge >= 0.3 is 11.3 Å². The Kier molecular flexibility index (Phi) is 3.78. The van der Waals surface area contributed by atoms with Crippen molar-refractivity contribution >= 4 is 56.1 Å². The van der Waals surface area contributed by atoms with Crippen LogP contribution in [0.4, 0.5) is 0 Å². The molecule has 0 atom stereocenters. The predicted molar refractivity (Wildman–Crippen MR) is 110 cm³/mol. The molecule has 0 aliphatic carbocycles. The lowest BCUT2D eigenvalue weighted by molar-refractivity contribution is 0.470. The fraction of sp³-hybridized carbons (Fsp3) is 0.0476. The van der Waals surface area contributed by atoms with Crippen LogP contribution in [0.25, 0.3) is 44.0 Å². The molecule has 0 amide bonds. The van der Waals surface area contributed by atoms with Gasteiger partial charge in [0.05, 0.1) is 10.8 Å². The molecular formula is C21H10Cl2O6. The van der Waals surface area contributed by atoms with Crippen LogP contribution in [-0.4, -0.2) is 5.11 Å². The predicted octanol–water partition coefficient (Wildman–Crippen LogP) is 5.63. The smallest absolute Gasteiger partial charge is 0.348 e. The van der Waals surface area contributed by atoms with Crippen molar-refractivity contribution in [1.29, 1.82) is 0 Å². The minimum atomic E-state index is -0.835. The number of aromatic hydroxyl groups is 1. The highest BCUT2D eigenvalue weighted by Gasteiger charge is 2.26. The van der Waals surface area contributed by atoms with Crippen LogP contribution in [0.3, 0.4) is 0 Å². The van der Waals surface area contributed by atoms with Gasteiger partial charge in [-0.3, -0.25) is 0 Å². The number of hydrogen-bond acceptors (Lipinski definition) is 6. The highest BCUT2D eigenvalue weighted by molar-refractivity contribution is 6.31. The largest absolute Gasteiger partial charge is 0.506 e. The number of rotatable bonds is 1. The molecule has 0 fully saturated rings. The number of hydrogen-bond donors (Lipinski definition) is 1. The first-order valence-corrected chi connectivity index (χ1v) is 9.22. The van der Waals surface area contributed by atoms with Crippen LogP contribution in [0.5, 0.6) is 5.75 Å². The van der Waals surface area contributed by atoms with Gasteiger partial charge in [0.15, 0.2) is 5.58 Å². The molecule has 8 heteroatoms. The summed E-state index contributed by atoms with van der Waals surface area (Å²) in [5.41, 5.74) is -1.02. The molecule has 0 bridgehead atoms. The lowest BCUT2D eigenvalue weighted by Gasteiger charge is -2.06. The van der Waals surface area contributed by atoms with Crippen LogP contribution in [0.15, 0.2) is 59.2 Å². The molecule has 29 heavy (non-hydrogen) atoms. The molecule has 2 aromatic carbocycles. The third-order valence-electron chi connectivity index (χ3n) is 4.77. The molecule has 0 saturated carbocycles. The van der Waals surface area contributed by atoms with Gasteiger partial charge in [0.2, 0.25) is 0 Å². The normalized spacial score (nSPS) is 11.7. The number of furan rings is 1. The number of halogens is 2. The van der Waals surface area contributed by atoms with Crippen LogP contribution in [0.2, 0.25) is 10.0 Å². The summed E-state index contributed by atoms with van der Waals surface area (Å²) in [6.45, 7) is 1.58. The first-order chi connectivity index (χ1) is 13.8. The van der Waals surface area contributed by atoms with Crippen molar-refractivity contribution in [3.8, 4) is 16.9 Å². The highest BCUT2D eigenvalue weighted by Crippen LogP contribution is 2.41. The Labute approximate surface area is 171 Å². The average Bonchev–Trinajstić information content (AvgIpc) is 2.99. The highest BCUT2D eigenvalue weighted by atomic mass is 35.5. The zero-order chi connectivity index (χ0) is 20.4. The van der Waals surface area contributed by atoms with Crippen molar-refractivity contribution in [2.45, 2.75) is 6.92 Å². The molecule has 5 aromatic rings. The fourth-order valence-corrected chi connectivity index (χ4v) is 3.85. The maximum absolute atomic E-state index is 12.7. The second-order valence-electron chi connectivity index (χ2n) is 6.52. The molecule has 0 saturated heterocycles. The van der Waals surface area contributed by atoms with Gasteiger partial charge in [0.25, 0.3) is 0 Å². The summed E-state index contributed by atoms with van der Waals surface area (Å²) in [5.74, 6) is -0.0833. The van der Waals surface area contributed by atoms with Crippen molar-refractivity contribution in [2.24, 2.45) is 0 Å². The standard InChI is InChI=1S/C21H10Cl2O6/c1-8-15(16-18(24)11-4-2-9(22)6-13(11)28-20(16)25)17-19(27-8)12-5-3-10(23)7-14(12)29-21(17)26/h2-7,24H,1H3. The quantitative estimate of drug-likeness (QED) is 0.347. The van der Waals surface area contributed by atoms with Gasteiger partial charge in [-0.05, 0) is 31.2 Å². The van der Waals surface area contributed by atoms with Gasteiger partial charge in [0, 0.05) is 27.7 Å². The summed E-state index contributed by atoms with van der Waals surface area (Å²) >= 11 is 11.9. The first-order valence-electron chi connectivity index (χ1n) is 8.46. The minimum absolute atomic E-state index is 0.0354. The summed E-state index contributed by atoms with van der Waals surface area (Å²) in [5, 5.41) is 12.4. The van der Waals surface area contributed by atoms with Crippen molar-refractivity contribution in [3.05, 3.63) is 73.0 Å². The molecule has 5 rings (SSSR count). The topological polar surface area (TPSA) is 93.8 Å². The van der Waals surface area contributed by atoms with E-state index in [2.05, 4.69) is 0 Å². The van der Waals surface area contributed by atoms with Crippen LogP contribution in [-0.2, 0) is 0 Å². The van der Waals surface area contributed by atoms with Gasteiger partial charge in [-0.2, -0.15) is 0 Å². The zero-order valence-corrected chi connectivity index (χ0v) is 16.2. The van der Waals surface area contributed by atoms with E-state index < -0.39 is 11.3 Å². The van der Waals surface area contributed by atoms with E-state index >= 15 is 0 Å². The summed E-state index contributed by atoms with van der Waals surface area (Å²) in [7, 11) is 0. The van der Waals surface area contributed by atoms with Crippen molar-refractivity contribution < 1.29 is 18.4 Å². The van der Waals surface area contributed by atoms with E-state index in [0.717, 1.165) is 0 Å². The maximum atomic E-state index is 12.7. The van der Waals surface area contributed by atoms with Gasteiger partial charge in [-0.25, -0.2) is 9.59 Å². The lowest BCUT2D eigenvalue weighted by atomic mass is 10.0. The molecule has 144 valence electrons. The van der Waals surface area contributed by atoms with Crippen LogP contribution < -0.4 is 11.3 Å². The average molecular weight is 429 g/mol. The Hall–Kier alpha value is -3.22. The molecule has 3 aromatic heterocycles. The van der Waals surface area contributed by atoms with E-state index in [1.54, 1.807) is 25.1 Å². The fourth-order valence-electron chi connectivity index (χ4n) is 3.53. The van der Waals surface area contributed by atoms with Crippen LogP contribution in [0, 0.1) is 6.92 Å². The first kappa shape index (κ1) is 17.8. The van der Waals surface area contributed by atoms with Crippen molar-refractivity contribution in [3.63, 3.8) is 0 Å². The SMILES string of the molecule is Cc1oc2c(c1-c1c(O)c3ccc(Cl)cc3oc1=O)c(=O)oc1cc(Cl)ccc12. The molecule has 0 aliphatic rings. The van der Waals surface area contributed by atoms with Gasteiger partial charge in [-0.1, -0.05) is 23.2 Å².